The maximum absolute atomic E-state index is 12.0. The number of rotatable bonds is 4. The third-order valence-electron chi connectivity index (χ3n) is 3.13. The number of carbonyl (C=O) groups excluding carboxylic acids is 2. The van der Waals surface area contributed by atoms with Crippen LogP contribution in [0.5, 0.6) is 0 Å². The maximum Gasteiger partial charge on any atom is 0.330 e. The minimum Gasteiger partial charge on any atom is -0.463 e. The molecule has 0 radical (unpaired) electrons. The number of H-pyrrole nitrogens is 1. The summed E-state index contributed by atoms with van der Waals surface area (Å²) >= 11 is 3.03. The van der Waals surface area contributed by atoms with Gasteiger partial charge in [-0.05, 0) is 15.9 Å². The smallest absolute Gasteiger partial charge is 0.330 e. The fraction of sp³-hybridized carbons (Fsp3) is 0.538. The molecule has 9 nitrogen and oxygen atoms in total. The molecular weight excluding hydrogens is 376 g/mol. The molecule has 0 unspecified atom stereocenters. The monoisotopic (exact) mass is 390 g/mol. The summed E-state index contributed by atoms with van der Waals surface area (Å²) in [6.45, 7) is 2.48. The number of aromatic amines is 1. The molecule has 0 saturated carbocycles. The van der Waals surface area contributed by atoms with Gasteiger partial charge in [0.15, 0.2) is 6.23 Å². The van der Waals surface area contributed by atoms with Crippen LogP contribution in [0.2, 0.25) is 0 Å². The van der Waals surface area contributed by atoms with Gasteiger partial charge < -0.3 is 14.2 Å². The van der Waals surface area contributed by atoms with Crippen molar-refractivity contribution >= 4 is 27.9 Å². The average molecular weight is 391 g/mol. The average Bonchev–Trinajstić information content (AvgIpc) is 2.82. The van der Waals surface area contributed by atoms with Gasteiger partial charge in [-0.1, -0.05) is 0 Å². The van der Waals surface area contributed by atoms with E-state index in [9.17, 15) is 19.2 Å². The van der Waals surface area contributed by atoms with E-state index >= 15 is 0 Å². The lowest BCUT2D eigenvalue weighted by Crippen LogP contribution is -2.36. The zero-order valence-electron chi connectivity index (χ0n) is 12.4. The fourth-order valence-electron chi connectivity index (χ4n) is 2.25. The van der Waals surface area contributed by atoms with Gasteiger partial charge in [0, 0.05) is 26.5 Å². The number of esters is 2. The number of nitrogens with one attached hydrogen (secondary N) is 1. The summed E-state index contributed by atoms with van der Waals surface area (Å²) in [4.78, 5) is 47.6. The van der Waals surface area contributed by atoms with Gasteiger partial charge in [-0.15, -0.1) is 0 Å². The molecule has 0 bridgehead atoms. The molecule has 0 aliphatic carbocycles. The summed E-state index contributed by atoms with van der Waals surface area (Å²) in [5, 5.41) is 0. The molecule has 3 atom stereocenters. The van der Waals surface area contributed by atoms with Crippen LogP contribution < -0.4 is 11.2 Å². The first kappa shape index (κ1) is 17.4. The largest absolute Gasteiger partial charge is 0.463 e. The lowest BCUT2D eigenvalue weighted by Gasteiger charge is -2.20. The Morgan fingerprint density at radius 3 is 2.70 bits per heavy atom. The maximum atomic E-state index is 12.0. The zero-order valence-corrected chi connectivity index (χ0v) is 14.0. The second kappa shape index (κ2) is 7.09. The third-order valence-corrected chi connectivity index (χ3v) is 3.70. The number of hydrogen-bond donors (Lipinski definition) is 1. The van der Waals surface area contributed by atoms with Gasteiger partial charge in [-0.3, -0.25) is 23.9 Å². The number of nitrogens with zero attached hydrogens (tertiary/aromatic N) is 1. The molecule has 1 aliphatic rings. The Labute approximate surface area is 138 Å². The van der Waals surface area contributed by atoms with Gasteiger partial charge in [0.1, 0.15) is 12.7 Å². The van der Waals surface area contributed by atoms with Crippen molar-refractivity contribution in [1.29, 1.82) is 0 Å². The van der Waals surface area contributed by atoms with Gasteiger partial charge in [-0.25, -0.2) is 4.79 Å². The minimum atomic E-state index is -0.930. The van der Waals surface area contributed by atoms with E-state index < -0.39 is 41.6 Å². The van der Waals surface area contributed by atoms with Crippen molar-refractivity contribution in [1.82, 2.24) is 9.55 Å². The van der Waals surface area contributed by atoms with E-state index in [2.05, 4.69) is 20.9 Å². The standard InChI is InChI=1S/C13H15BrN2O7/c1-6(17)21-5-8-3-10(22-7(2)18)12(23-8)16-4-9(14)11(19)15-13(16)20/h4,8,10,12H,3,5H2,1-2H3,(H,15,19,20)/t8-,10+,12+/m0/s1. The first-order valence-corrected chi connectivity index (χ1v) is 7.54. The molecule has 1 fully saturated rings. The van der Waals surface area contributed by atoms with Gasteiger partial charge in [0.05, 0.1) is 10.6 Å². The highest BCUT2D eigenvalue weighted by Gasteiger charge is 2.40. The topological polar surface area (TPSA) is 117 Å². The number of hydrogen-bond acceptors (Lipinski definition) is 7. The van der Waals surface area contributed by atoms with Crippen LogP contribution in [-0.2, 0) is 23.8 Å². The summed E-state index contributed by atoms with van der Waals surface area (Å²) in [6.07, 6.45) is -0.702. The van der Waals surface area contributed by atoms with Crippen LogP contribution >= 0.6 is 15.9 Å². The van der Waals surface area contributed by atoms with Crippen LogP contribution in [0.3, 0.4) is 0 Å². The summed E-state index contributed by atoms with van der Waals surface area (Å²) in [5.74, 6) is -1.00. The predicted molar refractivity (Wildman–Crippen MR) is 79.7 cm³/mol. The lowest BCUT2D eigenvalue weighted by molar-refractivity contribution is -0.153. The van der Waals surface area contributed by atoms with Gasteiger partial charge in [0.2, 0.25) is 0 Å². The van der Waals surface area contributed by atoms with E-state index in [0.29, 0.717) is 0 Å². The summed E-state index contributed by atoms with van der Waals surface area (Å²) in [5.41, 5.74) is -1.28. The highest BCUT2D eigenvalue weighted by molar-refractivity contribution is 9.10. The second-order valence-corrected chi connectivity index (χ2v) is 5.83. The van der Waals surface area contributed by atoms with Crippen molar-refractivity contribution in [3.8, 4) is 0 Å². The molecule has 1 saturated heterocycles. The molecule has 1 aliphatic heterocycles. The summed E-state index contributed by atoms with van der Waals surface area (Å²) in [7, 11) is 0. The zero-order chi connectivity index (χ0) is 17.1. The van der Waals surface area contributed by atoms with Crippen LogP contribution in [0, 0.1) is 0 Å². The Kier molecular flexibility index (Phi) is 5.37. The Morgan fingerprint density at radius 1 is 1.39 bits per heavy atom. The number of aromatic nitrogens is 2. The van der Waals surface area contributed by atoms with Gasteiger partial charge >= 0.3 is 17.6 Å². The van der Waals surface area contributed by atoms with E-state index in [-0.39, 0.29) is 17.5 Å². The summed E-state index contributed by atoms with van der Waals surface area (Å²) in [6, 6.07) is 0. The molecule has 0 amide bonds. The van der Waals surface area contributed by atoms with Crippen LogP contribution in [0.1, 0.15) is 26.5 Å². The van der Waals surface area contributed by atoms with E-state index in [1.54, 1.807) is 0 Å². The Balaban J connectivity index is 2.27. The lowest BCUT2D eigenvalue weighted by atomic mass is 10.2. The third kappa shape index (κ3) is 4.29. The van der Waals surface area contributed by atoms with Crippen LogP contribution in [0.25, 0.3) is 0 Å². The molecule has 0 spiro atoms. The minimum absolute atomic E-state index is 0.0249. The summed E-state index contributed by atoms with van der Waals surface area (Å²) < 4.78 is 16.9. The van der Waals surface area contributed by atoms with E-state index in [1.807, 2.05) is 0 Å². The van der Waals surface area contributed by atoms with Crippen molar-refractivity contribution < 1.29 is 23.8 Å². The van der Waals surface area contributed by atoms with Gasteiger partial charge in [0.25, 0.3) is 5.56 Å². The highest BCUT2D eigenvalue weighted by atomic mass is 79.9. The van der Waals surface area contributed by atoms with Crippen molar-refractivity contribution in [3.05, 3.63) is 31.5 Å². The molecular formula is C13H15BrN2O7. The normalized spacial score (nSPS) is 23.5. The molecule has 1 aromatic heterocycles. The molecule has 126 valence electrons. The van der Waals surface area contributed by atoms with Crippen molar-refractivity contribution in [2.24, 2.45) is 0 Å². The molecule has 23 heavy (non-hydrogen) atoms. The fourth-order valence-corrected chi connectivity index (χ4v) is 2.57. The highest BCUT2D eigenvalue weighted by Crippen LogP contribution is 2.31. The van der Waals surface area contributed by atoms with Crippen molar-refractivity contribution in [2.45, 2.75) is 38.7 Å². The number of carbonyl (C=O) groups is 2. The molecule has 2 heterocycles. The first-order chi connectivity index (χ1) is 10.8. The van der Waals surface area contributed by atoms with Crippen molar-refractivity contribution in [2.75, 3.05) is 6.61 Å². The van der Waals surface area contributed by atoms with E-state index in [1.165, 1.54) is 20.0 Å². The SMILES string of the molecule is CC(=O)OC[C@@H]1C[C@@H](OC(C)=O)[C@H](n2cc(Br)c(=O)[nH]c2=O)O1. The molecule has 0 aromatic carbocycles. The quantitative estimate of drug-likeness (QED) is 0.723. The van der Waals surface area contributed by atoms with Gasteiger partial charge in [-0.2, -0.15) is 0 Å². The van der Waals surface area contributed by atoms with Crippen LogP contribution in [0.15, 0.2) is 20.3 Å². The Hall–Kier alpha value is -1.94. The van der Waals surface area contributed by atoms with E-state index in [0.717, 1.165) is 4.57 Å². The Bertz CT molecular complexity index is 726. The van der Waals surface area contributed by atoms with Crippen molar-refractivity contribution in [3.63, 3.8) is 0 Å². The molecule has 2 rings (SSSR count). The van der Waals surface area contributed by atoms with Crippen LogP contribution in [0.4, 0.5) is 0 Å². The van der Waals surface area contributed by atoms with E-state index in [4.69, 9.17) is 14.2 Å². The molecule has 10 heteroatoms. The molecule has 1 aromatic rings. The Morgan fingerprint density at radius 2 is 2.09 bits per heavy atom. The first-order valence-electron chi connectivity index (χ1n) is 6.75. The second-order valence-electron chi connectivity index (χ2n) is 4.98. The molecule has 1 N–H and O–H groups in total. The predicted octanol–water partition coefficient (Wildman–Crippen LogP) is 0.0814. The number of halogens is 1. The number of ether oxygens (including phenoxy) is 3. The van der Waals surface area contributed by atoms with Crippen LogP contribution in [-0.4, -0.2) is 40.3 Å².